The first-order chi connectivity index (χ1) is 62.9. The van der Waals surface area contributed by atoms with E-state index in [1.54, 1.807) is 113 Å². The Morgan fingerprint density at radius 2 is 0.649 bits per heavy atom. The van der Waals surface area contributed by atoms with Crippen molar-refractivity contribution < 1.29 is 38.2 Å². The third kappa shape index (κ3) is 23.0. The summed E-state index contributed by atoms with van der Waals surface area (Å²) in [5.74, 6) is 10.7. The molecule has 5 aromatic carbocycles. The number of carbonyl (C=O) groups is 5. The third-order valence-electron chi connectivity index (χ3n) is 20.1. The van der Waals surface area contributed by atoms with Gasteiger partial charge < -0.3 is 24.0 Å². The van der Waals surface area contributed by atoms with E-state index in [1.807, 2.05) is 175 Å². The van der Waals surface area contributed by atoms with Crippen LogP contribution in [0.25, 0.3) is 17.1 Å². The summed E-state index contributed by atoms with van der Waals surface area (Å²) in [6, 6.07) is 49.9. The molecule has 0 saturated heterocycles. The average Bonchev–Trinajstić information content (AvgIpc) is 1.62. The van der Waals surface area contributed by atoms with Crippen LogP contribution in [-0.4, -0.2) is 158 Å². The quantitative estimate of drug-likeness (QED) is 0.0511. The Morgan fingerprint density at radius 3 is 0.924 bits per heavy atom. The van der Waals surface area contributed by atoms with Crippen molar-refractivity contribution in [1.82, 2.24) is 28.7 Å². The van der Waals surface area contributed by atoms with Crippen molar-refractivity contribution in [3.63, 3.8) is 0 Å². The standard InChI is InChI=1S/C23H23N3O2SSi.C20H15N3O2S.C19H20N2OSSi.C18H14BrN3O2S.C16H12N2OS.C5H10Si/c1-5-28-23(27)22-19-14-24-21(20-7-6-11-29-20)17-13-16(10-12-30(2,3)4)8-9-18(17)26(19)15-25-22;1-3-13-7-8-15-14(10-13)18(17-6-5-9-26-17)21-11-16-19(20(24)25-4-2)22-12-23(15)16;1-21-16-8-7-14(9-11-24(2,3)4)12-15(16)19(20-13-18(21)22)17-6-5-10-23-17;1-2-24-18(23)17-14-9-20-16(15-4-3-7-25-15)12-8-11(19)5-6-13(12)22(14)10-21-17;1-3-11-6-7-13-12(9-11)16(14-5-4-8-20-14)17-10-15(19)18(13)2;1-5-6(2,3)4/h6-9,11,13,15H,5,14H2,1-4H3;1,5-10,12H,4,11H2,2H3;5-8,10,12H,13H2,1-4H3;3-8,10H,2,9H2,1H3;1,4-9H,10H2,2H3;1H,2-4H3. The Hall–Kier alpha value is -13.1. The number of carbonyl (C=O) groups excluding carboxylic acids is 5. The highest BCUT2D eigenvalue weighted by Gasteiger charge is 2.32. The zero-order chi connectivity index (χ0) is 93.4. The number of terminal acetylenes is 3. The summed E-state index contributed by atoms with van der Waals surface area (Å²) in [5.41, 5.74) is 30.0. The molecule has 13 aromatic rings. The van der Waals surface area contributed by atoms with Crippen LogP contribution in [0.5, 0.6) is 0 Å². The maximum Gasteiger partial charge on any atom is 0.358 e. The predicted molar refractivity (Wildman–Crippen MR) is 545 cm³/mol. The minimum Gasteiger partial charge on any atom is -0.461 e. The van der Waals surface area contributed by atoms with Gasteiger partial charge in [-0.2, -0.15) is 0 Å². The first kappa shape index (κ1) is 95.4. The van der Waals surface area contributed by atoms with Gasteiger partial charge in [-0.1, -0.05) is 129 Å². The number of esters is 3. The lowest BCUT2D eigenvalue weighted by Gasteiger charge is -2.18. The molecule has 0 N–H and O–H groups in total. The summed E-state index contributed by atoms with van der Waals surface area (Å²) in [7, 11) is -0.449. The van der Waals surface area contributed by atoms with E-state index in [9.17, 15) is 24.0 Å². The summed E-state index contributed by atoms with van der Waals surface area (Å²) in [4.78, 5) is 106. The van der Waals surface area contributed by atoms with Gasteiger partial charge in [0.05, 0.1) is 138 Å². The molecule has 13 heterocycles. The van der Waals surface area contributed by atoms with Crippen LogP contribution in [0.3, 0.4) is 0 Å². The molecule has 18 rings (SSSR count). The molecule has 8 aromatic heterocycles. The molecule has 0 bridgehead atoms. The number of halogens is 1. The second kappa shape index (κ2) is 42.6. The third-order valence-corrected chi connectivity index (χ3v) is 27.6. The number of rotatable bonds is 11. The number of hydrogen-bond acceptors (Lipinski definition) is 21. The molecule has 0 spiro atoms. The highest BCUT2D eigenvalue weighted by molar-refractivity contribution is 9.10. The maximum absolute atomic E-state index is 12.4. The van der Waals surface area contributed by atoms with E-state index in [0.717, 1.165) is 147 Å². The lowest BCUT2D eigenvalue weighted by atomic mass is 10.0. The molecule has 30 heteroatoms. The first-order valence-corrected chi connectivity index (χ1v) is 57.6. The van der Waals surface area contributed by atoms with E-state index in [0.29, 0.717) is 62.2 Å². The zero-order valence-corrected chi connectivity index (χ0v) is 83.6. The Balaban J connectivity index is 0.000000138. The van der Waals surface area contributed by atoms with Gasteiger partial charge in [0, 0.05) is 68.6 Å². The van der Waals surface area contributed by atoms with Crippen LogP contribution in [0.15, 0.2) is 227 Å². The molecule has 131 heavy (non-hydrogen) atoms. The van der Waals surface area contributed by atoms with Crippen molar-refractivity contribution in [3.8, 4) is 76.6 Å². The molecule has 0 unspecified atom stereocenters. The van der Waals surface area contributed by atoms with E-state index in [4.69, 9.17) is 48.5 Å². The van der Waals surface area contributed by atoms with Gasteiger partial charge in [0.15, 0.2) is 17.1 Å². The fourth-order valence-electron chi connectivity index (χ4n) is 13.8. The van der Waals surface area contributed by atoms with Crippen molar-refractivity contribution in [2.75, 3.05) is 56.8 Å². The van der Waals surface area contributed by atoms with E-state index < -0.39 is 42.1 Å². The Morgan fingerprint density at radius 1 is 0.382 bits per heavy atom. The molecule has 5 aliphatic heterocycles. The monoisotopic (exact) mass is 1940 g/mol. The van der Waals surface area contributed by atoms with Crippen LogP contribution in [0.1, 0.15) is 144 Å². The number of benzene rings is 5. The highest BCUT2D eigenvalue weighted by atomic mass is 79.9. The van der Waals surface area contributed by atoms with Crippen molar-refractivity contribution in [2.45, 2.75) is 99.3 Å². The fourth-order valence-corrected chi connectivity index (χ4v) is 18.9. The van der Waals surface area contributed by atoms with Gasteiger partial charge >= 0.3 is 17.9 Å². The van der Waals surface area contributed by atoms with E-state index in [-0.39, 0.29) is 24.9 Å². The van der Waals surface area contributed by atoms with Crippen LogP contribution >= 0.6 is 72.6 Å². The van der Waals surface area contributed by atoms with E-state index in [1.165, 1.54) is 0 Å². The number of amides is 2. The lowest BCUT2D eigenvalue weighted by molar-refractivity contribution is -0.117. The predicted octanol–water partition coefficient (Wildman–Crippen LogP) is 20.2. The summed E-state index contributed by atoms with van der Waals surface area (Å²) < 4.78 is 22.2. The zero-order valence-electron chi connectivity index (χ0n) is 74.9. The van der Waals surface area contributed by atoms with Gasteiger partial charge in [0.25, 0.3) is 0 Å². The van der Waals surface area contributed by atoms with Crippen molar-refractivity contribution in [1.29, 1.82) is 0 Å². The van der Waals surface area contributed by atoms with Gasteiger partial charge in [-0.25, -0.2) is 29.3 Å². The summed E-state index contributed by atoms with van der Waals surface area (Å²) in [6.07, 6.45) is 21.2. The number of nitrogens with zero attached hydrogens (tertiary/aromatic N) is 13. The number of hydrogen-bond donors (Lipinski definition) is 0. The summed E-state index contributed by atoms with van der Waals surface area (Å²) in [5, 5.41) is 10.1. The lowest BCUT2D eigenvalue weighted by Crippen LogP contribution is -2.27. The molecule has 660 valence electrons. The normalized spacial score (nSPS) is 13.1. The summed E-state index contributed by atoms with van der Waals surface area (Å²) >= 11 is 11.7. The Bertz CT molecular complexity index is 6910. The van der Waals surface area contributed by atoms with Gasteiger partial charge in [-0.05, 0) is 169 Å². The van der Waals surface area contributed by atoms with Crippen LogP contribution in [-0.2, 0) is 43.4 Å². The largest absolute Gasteiger partial charge is 0.461 e. The number of benzodiazepines with no additional fused rings is 2. The molecule has 0 fully saturated rings. The topological polar surface area (TPSA) is 235 Å². The molecule has 5 aliphatic rings. The van der Waals surface area contributed by atoms with Gasteiger partial charge in [0.1, 0.15) is 56.3 Å². The molecular weight excluding hydrogens is 1850 g/mol. The number of imidazole rings is 3. The maximum atomic E-state index is 12.4. The minimum absolute atomic E-state index is 0.00346. The molecule has 0 atom stereocenters. The second-order valence-electron chi connectivity index (χ2n) is 32.8. The van der Waals surface area contributed by atoms with Crippen LogP contribution in [0.4, 0.5) is 11.4 Å². The van der Waals surface area contributed by atoms with E-state index >= 15 is 0 Å². The molecule has 0 aliphatic carbocycles. The van der Waals surface area contributed by atoms with Crippen molar-refractivity contribution in [3.05, 3.63) is 311 Å². The SMILES string of the molecule is C#C[Si](C)(C)C.C#Cc1ccc2c(c1)C(c1cccs1)=NCC(=O)N2C.C#Cc1ccc2c(c1)C(c1cccs1)=NCc1c(C(=O)OCC)ncn1-2.CCOC(=O)c1ncn2c1CN=C(c1cccs1)c1cc(Br)ccc1-2.CCOC(=O)c1ncn2c1CN=C(c1cccs1)c1cc(C#C[Si](C)(C)C)ccc1-2.CN1C(=O)CN=C(c2cccs2)c2cc(C#C[Si](C)(C)C)ccc21. The molecule has 0 saturated carbocycles. The van der Waals surface area contributed by atoms with Crippen LogP contribution in [0, 0.1) is 59.6 Å². The van der Waals surface area contributed by atoms with E-state index in [2.05, 4.69) is 164 Å². The molecule has 21 nitrogen and oxygen atoms in total. The van der Waals surface area contributed by atoms with Crippen LogP contribution in [0.2, 0.25) is 58.9 Å². The first-order valence-electron chi connectivity index (χ1n) is 41.9. The number of thiophene rings is 5. The van der Waals surface area contributed by atoms with Gasteiger partial charge in [-0.15, -0.1) is 92.6 Å². The Kier molecular flexibility index (Phi) is 31.0. The second-order valence-corrected chi connectivity index (χ2v) is 52.7. The fraction of sp³-hybridized carbons (Fsp3) is 0.218. The molecular formula is C101H94BrN13O8S5Si3. The number of anilines is 2. The van der Waals surface area contributed by atoms with Crippen LogP contribution < -0.4 is 9.80 Å². The number of aromatic nitrogens is 6. The number of likely N-dealkylation sites (N-methyl/N-ethyl adjacent to an activating group) is 2. The highest BCUT2D eigenvalue weighted by Crippen LogP contribution is 2.36. The average molecular weight is 1940 g/mol. The van der Waals surface area contributed by atoms with Crippen molar-refractivity contribution >= 4 is 166 Å². The summed E-state index contributed by atoms with van der Waals surface area (Å²) in [6.45, 7) is 27.5. The minimum atomic E-state index is -1.49. The number of aliphatic imine (C=N–C) groups is 5. The van der Waals surface area contributed by atoms with Gasteiger partial charge in [0.2, 0.25) is 11.8 Å². The molecule has 2 amide bonds. The smallest absolute Gasteiger partial charge is 0.358 e. The van der Waals surface area contributed by atoms with Gasteiger partial charge in [-0.3, -0.25) is 48.3 Å². The Labute approximate surface area is 795 Å². The molecule has 0 radical (unpaired) electrons. The number of fused-ring (bicyclic) bond motifs is 11. The number of ether oxygens (including phenoxy) is 3. The van der Waals surface area contributed by atoms with Crippen molar-refractivity contribution in [2.24, 2.45) is 25.0 Å².